The molecule has 2 aromatic heterocycles. The van der Waals surface area contributed by atoms with Crippen LogP contribution in [0.2, 0.25) is 0 Å². The summed E-state index contributed by atoms with van der Waals surface area (Å²) in [5.74, 6) is 0.527. The Kier molecular flexibility index (Phi) is 14.6. The van der Waals surface area contributed by atoms with Crippen molar-refractivity contribution in [3.8, 4) is 5.75 Å². The van der Waals surface area contributed by atoms with Crippen molar-refractivity contribution in [2.45, 2.75) is 59.8 Å². The van der Waals surface area contributed by atoms with Crippen molar-refractivity contribution in [3.05, 3.63) is 88.6 Å². The molecule has 0 radical (unpaired) electrons. The molecular formula is C36H49N7O4S. The number of benzene rings is 1. The highest BCUT2D eigenvalue weighted by Crippen LogP contribution is 2.34. The summed E-state index contributed by atoms with van der Waals surface area (Å²) < 4.78 is 6.78. The number of nitrogens with one attached hydrogen (secondary N) is 2. The molecule has 3 amide bonds. The van der Waals surface area contributed by atoms with Crippen molar-refractivity contribution in [2.24, 2.45) is 0 Å². The molecule has 1 saturated heterocycles. The van der Waals surface area contributed by atoms with Gasteiger partial charge in [-0.15, -0.1) is 0 Å². The highest BCUT2D eigenvalue weighted by molar-refractivity contribution is 7.99. The van der Waals surface area contributed by atoms with Gasteiger partial charge in [-0.25, -0.2) is 9.97 Å². The zero-order chi connectivity index (χ0) is 35.4. The first-order chi connectivity index (χ1) is 23.0. The lowest BCUT2D eigenvalue weighted by Crippen LogP contribution is -2.50. The largest absolute Gasteiger partial charge is 0.482 e. The Morgan fingerprint density at radius 1 is 0.979 bits per heavy atom. The molecule has 48 heavy (non-hydrogen) atoms. The number of amides is 3. The number of aromatic nitrogens is 3. The molecule has 4 rings (SSSR count). The molecule has 258 valence electrons. The predicted octanol–water partition coefficient (Wildman–Crippen LogP) is 5.32. The third-order valence-electron chi connectivity index (χ3n) is 7.89. The van der Waals surface area contributed by atoms with Crippen LogP contribution in [0.4, 0.5) is 5.82 Å². The maximum absolute atomic E-state index is 13.5. The van der Waals surface area contributed by atoms with Gasteiger partial charge in [0.25, 0.3) is 11.8 Å². The van der Waals surface area contributed by atoms with Crippen molar-refractivity contribution >= 4 is 35.3 Å². The number of aryl methyl sites for hydroxylation is 4. The smallest absolute Gasteiger partial charge is 0.257 e. The third-order valence-corrected chi connectivity index (χ3v) is 8.90. The number of hydrogen-bond donors (Lipinski definition) is 2. The molecule has 1 aliphatic heterocycles. The number of ether oxygens (including phenoxy) is 1. The number of piperazine rings is 1. The first kappa shape index (κ1) is 38.2. The van der Waals surface area contributed by atoms with E-state index in [1.807, 2.05) is 66.1 Å². The maximum atomic E-state index is 13.5. The van der Waals surface area contributed by atoms with E-state index in [0.717, 1.165) is 29.9 Å². The van der Waals surface area contributed by atoms with E-state index in [2.05, 4.69) is 32.1 Å². The first-order valence-corrected chi connectivity index (χ1v) is 17.6. The van der Waals surface area contributed by atoms with Crippen molar-refractivity contribution in [1.82, 2.24) is 30.1 Å². The van der Waals surface area contributed by atoms with E-state index in [1.165, 1.54) is 6.08 Å². The standard InChI is InChI=1S/C34H43N7O4S.C2H6/c1-8-30(42)41-14-12-40(13-15-41)20-29(46-7)31(27-11-10-21(3)18-37-27)45-28-16-22(4)25(17-26(28)33(43)35-9-2)34(44)39-32-23(5)19-36-24(6)38-32;1-2/h8,10-11,16-19,29,31H,1,9,12-15,20H2,2-7H3,(H,35,43)(H,36,38,39,44);1-2H3. The summed E-state index contributed by atoms with van der Waals surface area (Å²) in [7, 11) is 0. The van der Waals surface area contributed by atoms with E-state index in [0.29, 0.717) is 54.7 Å². The topological polar surface area (TPSA) is 130 Å². The number of anilines is 1. The van der Waals surface area contributed by atoms with Crippen LogP contribution < -0.4 is 15.4 Å². The second kappa shape index (κ2) is 18.3. The molecule has 0 spiro atoms. The molecule has 12 heteroatoms. The average Bonchev–Trinajstić information content (AvgIpc) is 3.09. The fourth-order valence-corrected chi connectivity index (χ4v) is 6.03. The number of carbonyl (C=O) groups excluding carboxylic acids is 3. The van der Waals surface area contributed by atoms with Gasteiger partial charge in [-0.1, -0.05) is 26.5 Å². The van der Waals surface area contributed by atoms with Crippen LogP contribution in [0.3, 0.4) is 0 Å². The van der Waals surface area contributed by atoms with Gasteiger partial charge in [0.05, 0.1) is 16.5 Å². The second-order valence-electron chi connectivity index (χ2n) is 11.3. The Bertz CT molecular complexity index is 1570. The molecule has 1 aliphatic rings. The van der Waals surface area contributed by atoms with E-state index < -0.39 is 6.10 Å². The second-order valence-corrected chi connectivity index (χ2v) is 12.4. The quantitative estimate of drug-likeness (QED) is 0.245. The minimum Gasteiger partial charge on any atom is -0.482 e. The molecule has 0 saturated carbocycles. The molecule has 2 unspecified atom stereocenters. The van der Waals surface area contributed by atoms with Crippen LogP contribution in [0.1, 0.15) is 75.8 Å². The summed E-state index contributed by atoms with van der Waals surface area (Å²) >= 11 is 1.66. The van der Waals surface area contributed by atoms with E-state index in [-0.39, 0.29) is 28.5 Å². The number of hydrogen-bond acceptors (Lipinski definition) is 9. The zero-order valence-corrected chi connectivity index (χ0v) is 30.2. The van der Waals surface area contributed by atoms with E-state index in [4.69, 9.17) is 9.72 Å². The molecule has 0 bridgehead atoms. The summed E-state index contributed by atoms with van der Waals surface area (Å²) in [6.07, 6.45) is 6.34. The molecule has 0 aliphatic carbocycles. The summed E-state index contributed by atoms with van der Waals surface area (Å²) in [5, 5.41) is 5.67. The van der Waals surface area contributed by atoms with Gasteiger partial charge in [0, 0.05) is 62.8 Å². The molecule has 1 aromatic carbocycles. The third kappa shape index (κ3) is 9.86. The number of nitrogens with zero attached hydrogens (tertiary/aromatic N) is 5. The molecule has 3 heterocycles. The van der Waals surface area contributed by atoms with Gasteiger partial charge < -0.3 is 20.3 Å². The zero-order valence-electron chi connectivity index (χ0n) is 29.4. The lowest BCUT2D eigenvalue weighted by atomic mass is 10.0. The van der Waals surface area contributed by atoms with Crippen LogP contribution in [0.5, 0.6) is 5.75 Å². The van der Waals surface area contributed by atoms with E-state index in [1.54, 1.807) is 41.9 Å². The first-order valence-electron chi connectivity index (χ1n) is 16.3. The van der Waals surface area contributed by atoms with E-state index >= 15 is 0 Å². The number of carbonyl (C=O) groups is 3. The Morgan fingerprint density at radius 2 is 1.69 bits per heavy atom. The van der Waals surface area contributed by atoms with Gasteiger partial charge in [-0.3, -0.25) is 24.3 Å². The van der Waals surface area contributed by atoms with Crippen LogP contribution in [0, 0.1) is 27.7 Å². The van der Waals surface area contributed by atoms with Gasteiger partial charge in [0.15, 0.2) is 6.10 Å². The highest BCUT2D eigenvalue weighted by atomic mass is 32.2. The van der Waals surface area contributed by atoms with Gasteiger partial charge in [0.2, 0.25) is 5.91 Å². The minimum atomic E-state index is -0.512. The number of pyridine rings is 1. The number of rotatable bonds is 12. The predicted molar refractivity (Wildman–Crippen MR) is 193 cm³/mol. The van der Waals surface area contributed by atoms with Crippen molar-refractivity contribution < 1.29 is 19.1 Å². The fraction of sp³-hybridized carbons (Fsp3) is 0.444. The molecule has 2 atom stereocenters. The lowest BCUT2D eigenvalue weighted by molar-refractivity contribution is -0.127. The van der Waals surface area contributed by atoms with Crippen molar-refractivity contribution in [1.29, 1.82) is 0 Å². The van der Waals surface area contributed by atoms with Crippen LogP contribution in [0.15, 0.2) is 49.3 Å². The molecule has 11 nitrogen and oxygen atoms in total. The highest BCUT2D eigenvalue weighted by Gasteiger charge is 2.31. The summed E-state index contributed by atoms with van der Waals surface area (Å²) in [6, 6.07) is 7.28. The lowest BCUT2D eigenvalue weighted by Gasteiger charge is -2.37. The SMILES string of the molecule is C=CC(=O)N1CCN(CC(SC)C(Oc2cc(C)c(C(=O)Nc3nc(C)ncc3C)cc2C(=O)NCC)c2ccc(C)cn2)CC1.CC. The minimum absolute atomic E-state index is 0.0567. The number of thioether (sulfide) groups is 1. The van der Waals surface area contributed by atoms with Crippen molar-refractivity contribution in [3.63, 3.8) is 0 Å². The van der Waals surface area contributed by atoms with Gasteiger partial charge in [-0.05, 0) is 76.3 Å². The van der Waals surface area contributed by atoms with Crippen LogP contribution in [-0.4, -0.2) is 93.2 Å². The Labute approximate surface area is 289 Å². The van der Waals surface area contributed by atoms with Gasteiger partial charge >= 0.3 is 0 Å². The average molecular weight is 676 g/mol. The van der Waals surface area contributed by atoms with E-state index in [9.17, 15) is 14.4 Å². The normalized spacial score (nSPS) is 14.2. The fourth-order valence-electron chi connectivity index (χ4n) is 5.23. The monoisotopic (exact) mass is 675 g/mol. The van der Waals surface area contributed by atoms with Gasteiger partial charge in [0.1, 0.15) is 17.4 Å². The molecule has 1 fully saturated rings. The Hall–Kier alpha value is -4.29. The van der Waals surface area contributed by atoms with Crippen LogP contribution in [0.25, 0.3) is 0 Å². The van der Waals surface area contributed by atoms with Gasteiger partial charge in [-0.2, -0.15) is 11.8 Å². The summed E-state index contributed by atoms with van der Waals surface area (Å²) in [5.41, 5.74) is 3.72. The molecular weight excluding hydrogens is 627 g/mol. The van der Waals surface area contributed by atoms with Crippen LogP contribution in [-0.2, 0) is 4.79 Å². The molecule has 2 N–H and O–H groups in total. The summed E-state index contributed by atoms with van der Waals surface area (Å²) in [6.45, 7) is 20.6. The maximum Gasteiger partial charge on any atom is 0.257 e. The summed E-state index contributed by atoms with van der Waals surface area (Å²) in [4.78, 5) is 56.4. The Balaban J connectivity index is 0.00000307. The Morgan fingerprint density at radius 3 is 2.29 bits per heavy atom. The van der Waals surface area contributed by atoms with Crippen LogP contribution >= 0.6 is 11.8 Å². The van der Waals surface area contributed by atoms with Crippen molar-refractivity contribution in [2.75, 3.05) is 50.8 Å². The molecule has 3 aromatic rings.